The maximum atomic E-state index is 13.0. The first-order valence-electron chi connectivity index (χ1n) is 12.3. The molecule has 2 heterocycles. The van der Waals surface area contributed by atoms with Crippen LogP contribution < -0.4 is 15.4 Å². The number of carbonyl (C=O) groups is 1. The Morgan fingerprint density at radius 1 is 1.28 bits per heavy atom. The van der Waals surface area contributed by atoms with Crippen LogP contribution in [0.25, 0.3) is 22.2 Å². The fourth-order valence-electron chi connectivity index (χ4n) is 4.44. The Morgan fingerprint density at radius 2 is 2.06 bits per heavy atom. The molecule has 1 fully saturated rings. The second-order valence-corrected chi connectivity index (χ2v) is 10.2. The first-order valence-corrected chi connectivity index (χ1v) is 12.3. The molecule has 2 atom stereocenters. The number of hydrogen-bond acceptors (Lipinski definition) is 7. The van der Waals surface area contributed by atoms with E-state index in [2.05, 4.69) is 45.5 Å². The van der Waals surface area contributed by atoms with E-state index >= 15 is 0 Å². The van der Waals surface area contributed by atoms with E-state index in [-0.39, 0.29) is 11.9 Å². The lowest BCUT2D eigenvalue weighted by molar-refractivity contribution is 0.0891. The number of nitriles is 1. The van der Waals surface area contributed by atoms with Crippen molar-refractivity contribution in [3.63, 3.8) is 0 Å². The summed E-state index contributed by atoms with van der Waals surface area (Å²) in [6.45, 7) is 7.38. The van der Waals surface area contributed by atoms with Crippen molar-refractivity contribution in [2.75, 3.05) is 32.6 Å². The lowest BCUT2D eigenvalue weighted by Crippen LogP contribution is -2.47. The fourth-order valence-corrected chi connectivity index (χ4v) is 4.44. The molecule has 4 rings (SSSR count). The van der Waals surface area contributed by atoms with Crippen molar-refractivity contribution >= 4 is 22.4 Å². The molecule has 1 saturated heterocycles. The van der Waals surface area contributed by atoms with Gasteiger partial charge in [0.2, 0.25) is 0 Å². The van der Waals surface area contributed by atoms with E-state index in [4.69, 9.17) is 4.74 Å². The minimum Gasteiger partial charge on any atom is -0.495 e. The number of piperidine rings is 1. The topological polar surface area (TPSA) is 103 Å². The number of nitrogens with one attached hydrogen (secondary N) is 2. The zero-order chi connectivity index (χ0) is 25.9. The number of fused-ring (bicyclic) bond motifs is 1. The molecule has 0 aliphatic carbocycles. The Morgan fingerprint density at radius 3 is 2.78 bits per heavy atom. The van der Waals surface area contributed by atoms with Crippen LogP contribution in [0.5, 0.6) is 5.75 Å². The molecule has 3 aromatic rings. The lowest BCUT2D eigenvalue weighted by atomic mass is 9.95. The van der Waals surface area contributed by atoms with Crippen molar-refractivity contribution in [2.45, 2.75) is 45.7 Å². The number of methoxy groups -OCH3 is 1. The second-order valence-electron chi connectivity index (χ2n) is 10.2. The van der Waals surface area contributed by atoms with Gasteiger partial charge in [0.25, 0.3) is 5.91 Å². The number of amides is 1. The van der Waals surface area contributed by atoms with Gasteiger partial charge in [-0.3, -0.25) is 4.79 Å². The van der Waals surface area contributed by atoms with E-state index in [0.29, 0.717) is 29.9 Å². The molecule has 2 aromatic carbocycles. The summed E-state index contributed by atoms with van der Waals surface area (Å²) in [5, 5.41) is 17.9. The number of benzene rings is 2. The van der Waals surface area contributed by atoms with Crippen LogP contribution in [0.1, 0.15) is 44.1 Å². The third-order valence-electron chi connectivity index (χ3n) is 6.90. The van der Waals surface area contributed by atoms with Gasteiger partial charge in [-0.05, 0) is 64.2 Å². The Kier molecular flexibility index (Phi) is 7.41. The number of aromatic nitrogens is 2. The van der Waals surface area contributed by atoms with E-state index in [1.807, 2.05) is 44.2 Å². The van der Waals surface area contributed by atoms with Crippen molar-refractivity contribution in [1.29, 1.82) is 5.26 Å². The molecule has 0 bridgehead atoms. The lowest BCUT2D eigenvalue weighted by Gasteiger charge is -2.35. The summed E-state index contributed by atoms with van der Waals surface area (Å²) in [5.41, 5.74) is 1.42. The second kappa shape index (κ2) is 10.5. The zero-order valence-corrected chi connectivity index (χ0v) is 21.6. The number of ether oxygens (including phenoxy) is 1. The molecule has 2 N–H and O–H groups in total. The number of rotatable bonds is 7. The standard InChI is InChI=1S/C28H34N6O2/c1-18-14-21(11-13-34(18)4)32-27(35)23-10-12-30-26(33-23)20-7-6-19-8-9-24(36-5)25(22(19)15-20)31-17-28(2,3)16-29/h6-10,12,15,18,21,31H,11,13-14,17H2,1-5H3,(H,32,35)/t18-,21+/m0/s1. The minimum atomic E-state index is -0.541. The smallest absolute Gasteiger partial charge is 0.270 e. The number of likely N-dealkylation sites (tertiary alicyclic amines) is 1. The summed E-state index contributed by atoms with van der Waals surface area (Å²) < 4.78 is 5.60. The van der Waals surface area contributed by atoms with E-state index in [1.54, 1.807) is 19.4 Å². The largest absolute Gasteiger partial charge is 0.495 e. The summed E-state index contributed by atoms with van der Waals surface area (Å²) in [5.74, 6) is 0.992. The van der Waals surface area contributed by atoms with Crippen molar-refractivity contribution in [2.24, 2.45) is 5.41 Å². The Bertz CT molecular complexity index is 1300. The summed E-state index contributed by atoms with van der Waals surface area (Å²) in [6.07, 6.45) is 3.47. The molecule has 0 spiro atoms. The van der Waals surface area contributed by atoms with Gasteiger partial charge in [0.15, 0.2) is 5.82 Å². The predicted octanol–water partition coefficient (Wildman–Crippen LogP) is 4.48. The molecule has 1 aliphatic heterocycles. The third-order valence-corrected chi connectivity index (χ3v) is 6.90. The molecule has 188 valence electrons. The molecule has 0 radical (unpaired) electrons. The quantitative estimate of drug-likeness (QED) is 0.507. The number of anilines is 1. The maximum absolute atomic E-state index is 13.0. The van der Waals surface area contributed by atoms with E-state index < -0.39 is 5.41 Å². The summed E-state index contributed by atoms with van der Waals surface area (Å²) in [7, 11) is 3.74. The van der Waals surface area contributed by atoms with Gasteiger partial charge in [0.05, 0.1) is 24.3 Å². The van der Waals surface area contributed by atoms with Gasteiger partial charge in [0.1, 0.15) is 11.4 Å². The molecule has 0 unspecified atom stereocenters. The highest BCUT2D eigenvalue weighted by atomic mass is 16.5. The average molecular weight is 487 g/mol. The molecule has 1 amide bonds. The van der Waals surface area contributed by atoms with Crippen LogP contribution in [0.4, 0.5) is 5.69 Å². The summed E-state index contributed by atoms with van der Waals surface area (Å²) >= 11 is 0. The van der Waals surface area contributed by atoms with E-state index in [0.717, 1.165) is 41.4 Å². The van der Waals surface area contributed by atoms with Crippen LogP contribution in [-0.2, 0) is 0 Å². The average Bonchev–Trinajstić information content (AvgIpc) is 2.89. The highest BCUT2D eigenvalue weighted by Gasteiger charge is 2.25. The first kappa shape index (κ1) is 25.4. The van der Waals surface area contributed by atoms with E-state index in [1.165, 1.54) is 0 Å². The van der Waals surface area contributed by atoms with Crippen LogP contribution in [-0.4, -0.2) is 60.1 Å². The van der Waals surface area contributed by atoms with Gasteiger partial charge in [-0.2, -0.15) is 5.26 Å². The van der Waals surface area contributed by atoms with Crippen molar-refractivity contribution in [3.05, 3.63) is 48.3 Å². The van der Waals surface area contributed by atoms with Gasteiger partial charge >= 0.3 is 0 Å². The molecule has 1 aliphatic rings. The van der Waals surface area contributed by atoms with Crippen LogP contribution in [0.2, 0.25) is 0 Å². The number of carbonyl (C=O) groups excluding carboxylic acids is 1. The molecular formula is C28H34N6O2. The molecular weight excluding hydrogens is 452 g/mol. The first-order chi connectivity index (χ1) is 17.2. The third kappa shape index (κ3) is 5.58. The molecule has 1 aromatic heterocycles. The Balaban J connectivity index is 1.62. The van der Waals surface area contributed by atoms with Crippen molar-refractivity contribution in [3.8, 4) is 23.2 Å². The van der Waals surface area contributed by atoms with Gasteiger partial charge in [-0.15, -0.1) is 0 Å². The van der Waals surface area contributed by atoms with Gasteiger partial charge in [0, 0.05) is 42.3 Å². The Hall–Kier alpha value is -3.70. The van der Waals surface area contributed by atoms with Gasteiger partial charge in [-0.1, -0.05) is 18.2 Å². The Labute approximate surface area is 212 Å². The zero-order valence-electron chi connectivity index (χ0n) is 21.6. The molecule has 36 heavy (non-hydrogen) atoms. The van der Waals surface area contributed by atoms with E-state index in [9.17, 15) is 10.1 Å². The van der Waals surface area contributed by atoms with Crippen molar-refractivity contribution in [1.82, 2.24) is 20.2 Å². The van der Waals surface area contributed by atoms with Crippen LogP contribution in [0.3, 0.4) is 0 Å². The van der Waals surface area contributed by atoms with Crippen LogP contribution >= 0.6 is 0 Å². The van der Waals surface area contributed by atoms with Gasteiger partial charge in [-0.25, -0.2) is 9.97 Å². The summed E-state index contributed by atoms with van der Waals surface area (Å²) in [6, 6.07) is 14.4. The minimum absolute atomic E-state index is 0.140. The SMILES string of the molecule is COc1ccc2ccc(-c3nccc(C(=O)N[C@@H]4CCN(C)[C@@H](C)C4)n3)cc2c1NCC(C)(C)C#N. The highest BCUT2D eigenvalue weighted by Crippen LogP contribution is 2.36. The van der Waals surface area contributed by atoms with Crippen LogP contribution in [0.15, 0.2) is 42.6 Å². The molecule has 8 heteroatoms. The fraction of sp³-hybridized carbons (Fsp3) is 0.429. The normalized spacial score (nSPS) is 18.4. The highest BCUT2D eigenvalue weighted by molar-refractivity contribution is 5.99. The number of nitrogens with zero attached hydrogens (tertiary/aromatic N) is 4. The van der Waals surface area contributed by atoms with Gasteiger partial charge < -0.3 is 20.3 Å². The predicted molar refractivity (Wildman–Crippen MR) is 142 cm³/mol. The number of hydrogen-bond donors (Lipinski definition) is 2. The monoisotopic (exact) mass is 486 g/mol. The van der Waals surface area contributed by atoms with Crippen LogP contribution in [0, 0.1) is 16.7 Å². The maximum Gasteiger partial charge on any atom is 0.270 e. The van der Waals surface area contributed by atoms with Crippen molar-refractivity contribution < 1.29 is 9.53 Å². The molecule has 8 nitrogen and oxygen atoms in total. The molecule has 0 saturated carbocycles. The summed E-state index contributed by atoms with van der Waals surface area (Å²) in [4.78, 5) is 24.3.